The first-order chi connectivity index (χ1) is 15.0. The van der Waals surface area contributed by atoms with Gasteiger partial charge in [-0.3, -0.25) is 23.5 Å². The second-order valence-electron chi connectivity index (χ2n) is 7.97. The third kappa shape index (κ3) is 3.04. The molecule has 1 aliphatic rings. The zero-order valence-corrected chi connectivity index (χ0v) is 17.4. The molecular weight excluding hydrogens is 392 g/mol. The molecule has 2 aromatic heterocycles. The highest BCUT2D eigenvalue weighted by Crippen LogP contribution is 2.25. The number of fused-ring (bicyclic) bond motifs is 3. The lowest BCUT2D eigenvalue weighted by atomic mass is 10.1. The number of nitrogens with zero attached hydrogens (tertiary/aromatic N) is 4. The third-order valence-corrected chi connectivity index (χ3v) is 6.05. The van der Waals surface area contributed by atoms with Crippen LogP contribution in [0.15, 0.2) is 59.5 Å². The molecule has 0 bridgehead atoms. The van der Waals surface area contributed by atoms with Gasteiger partial charge in [-0.05, 0) is 37.1 Å². The molecule has 0 aliphatic carbocycles. The molecule has 1 aliphatic heterocycles. The summed E-state index contributed by atoms with van der Waals surface area (Å²) in [5.74, 6) is 0.457. The number of carbonyl (C=O) groups is 2. The van der Waals surface area contributed by atoms with Crippen molar-refractivity contribution in [2.75, 3.05) is 6.54 Å². The molecule has 0 radical (unpaired) electrons. The van der Waals surface area contributed by atoms with Gasteiger partial charge in [-0.2, -0.15) is 0 Å². The maximum absolute atomic E-state index is 13.1. The molecular formula is C24H22N4O3. The molecule has 0 saturated heterocycles. The van der Waals surface area contributed by atoms with E-state index >= 15 is 0 Å². The molecule has 0 spiro atoms. The van der Waals surface area contributed by atoms with E-state index in [0.29, 0.717) is 29.7 Å². The number of benzene rings is 2. The number of amides is 1. The van der Waals surface area contributed by atoms with E-state index in [0.717, 1.165) is 16.5 Å². The number of hydrogen-bond acceptors (Lipinski definition) is 4. The Balaban J connectivity index is 1.47. The molecule has 1 amide bonds. The number of rotatable bonds is 3. The Bertz CT molecular complexity index is 1420. The van der Waals surface area contributed by atoms with Crippen molar-refractivity contribution in [1.29, 1.82) is 0 Å². The molecule has 1 atom stereocenters. The van der Waals surface area contributed by atoms with E-state index in [4.69, 9.17) is 0 Å². The predicted molar refractivity (Wildman–Crippen MR) is 118 cm³/mol. The molecule has 2 aromatic carbocycles. The van der Waals surface area contributed by atoms with Crippen LogP contribution in [-0.4, -0.2) is 37.4 Å². The molecule has 0 unspecified atom stereocenters. The van der Waals surface area contributed by atoms with Crippen LogP contribution in [0.2, 0.25) is 0 Å². The average molecular weight is 414 g/mol. The zero-order valence-electron chi connectivity index (χ0n) is 17.4. The van der Waals surface area contributed by atoms with E-state index in [1.807, 2.05) is 42.6 Å². The summed E-state index contributed by atoms with van der Waals surface area (Å²) in [6, 6.07) is 14.4. The topological polar surface area (TPSA) is 77.2 Å². The van der Waals surface area contributed by atoms with E-state index in [1.54, 1.807) is 28.5 Å². The largest absolute Gasteiger partial charge is 0.333 e. The van der Waals surface area contributed by atoms with Crippen LogP contribution in [0.1, 0.15) is 36.1 Å². The summed E-state index contributed by atoms with van der Waals surface area (Å²) in [4.78, 5) is 44.4. The van der Waals surface area contributed by atoms with Crippen molar-refractivity contribution in [2.24, 2.45) is 0 Å². The minimum atomic E-state index is -0.605. The predicted octanol–water partition coefficient (Wildman–Crippen LogP) is 3.16. The smallest absolute Gasteiger partial charge is 0.262 e. The van der Waals surface area contributed by atoms with Gasteiger partial charge in [-0.25, -0.2) is 4.98 Å². The molecule has 3 heterocycles. The van der Waals surface area contributed by atoms with Crippen LogP contribution < -0.4 is 5.56 Å². The van der Waals surface area contributed by atoms with Crippen LogP contribution >= 0.6 is 0 Å². The molecule has 7 heteroatoms. The fourth-order valence-electron chi connectivity index (χ4n) is 4.48. The second-order valence-corrected chi connectivity index (χ2v) is 7.97. The second kappa shape index (κ2) is 7.19. The summed E-state index contributed by atoms with van der Waals surface area (Å²) in [5.41, 5.74) is 2.35. The summed E-state index contributed by atoms with van der Waals surface area (Å²) in [6.07, 6.45) is 2.46. The lowest BCUT2D eigenvalue weighted by Gasteiger charge is -2.33. The van der Waals surface area contributed by atoms with Gasteiger partial charge in [0.15, 0.2) is 0 Å². The summed E-state index contributed by atoms with van der Waals surface area (Å²) in [7, 11) is 0. The van der Waals surface area contributed by atoms with Crippen molar-refractivity contribution < 1.29 is 9.59 Å². The monoisotopic (exact) mass is 414 g/mol. The summed E-state index contributed by atoms with van der Waals surface area (Å²) >= 11 is 0. The lowest BCUT2D eigenvalue weighted by Crippen LogP contribution is -2.47. The summed E-state index contributed by atoms with van der Waals surface area (Å²) in [6.45, 7) is 4.06. The Hall–Kier alpha value is -3.74. The van der Waals surface area contributed by atoms with Gasteiger partial charge in [0.2, 0.25) is 11.8 Å². The van der Waals surface area contributed by atoms with Crippen molar-refractivity contribution in [3.05, 3.63) is 76.5 Å². The van der Waals surface area contributed by atoms with Crippen molar-refractivity contribution in [3.63, 3.8) is 0 Å². The molecule has 7 nitrogen and oxygen atoms in total. The molecule has 31 heavy (non-hydrogen) atoms. The minimum absolute atomic E-state index is 0.0468. The van der Waals surface area contributed by atoms with Gasteiger partial charge < -0.3 is 4.90 Å². The van der Waals surface area contributed by atoms with Gasteiger partial charge >= 0.3 is 0 Å². The highest BCUT2D eigenvalue weighted by molar-refractivity contribution is 5.93. The van der Waals surface area contributed by atoms with E-state index < -0.39 is 6.04 Å². The van der Waals surface area contributed by atoms with Gasteiger partial charge in [-0.1, -0.05) is 30.3 Å². The van der Waals surface area contributed by atoms with Crippen molar-refractivity contribution >= 4 is 33.6 Å². The van der Waals surface area contributed by atoms with E-state index in [-0.39, 0.29) is 23.9 Å². The highest BCUT2D eigenvalue weighted by Gasteiger charge is 2.32. The number of para-hydroxylation sites is 2. The fourth-order valence-corrected chi connectivity index (χ4v) is 4.48. The maximum Gasteiger partial charge on any atom is 0.262 e. The first-order valence-corrected chi connectivity index (χ1v) is 10.3. The zero-order chi connectivity index (χ0) is 21.7. The SMILES string of the molecule is CC(=O)n1cc(CCN2Cc3nc4ccccc4c(=O)n3[C@@H](C)C2=O)c2ccccc21. The van der Waals surface area contributed by atoms with Gasteiger partial charge in [0, 0.05) is 25.1 Å². The number of hydrogen-bond donors (Lipinski definition) is 0. The van der Waals surface area contributed by atoms with Crippen molar-refractivity contribution in [1.82, 2.24) is 19.0 Å². The average Bonchev–Trinajstić information content (AvgIpc) is 3.14. The summed E-state index contributed by atoms with van der Waals surface area (Å²) < 4.78 is 3.16. The van der Waals surface area contributed by atoms with Crippen molar-refractivity contribution in [3.8, 4) is 0 Å². The van der Waals surface area contributed by atoms with Crippen molar-refractivity contribution in [2.45, 2.75) is 32.9 Å². The van der Waals surface area contributed by atoms with E-state index in [1.165, 1.54) is 11.5 Å². The van der Waals surface area contributed by atoms with Crippen LogP contribution in [0.25, 0.3) is 21.8 Å². The maximum atomic E-state index is 13.1. The Morgan fingerprint density at radius 3 is 2.55 bits per heavy atom. The molecule has 4 aromatic rings. The standard InChI is InChI=1S/C24H22N4O3/c1-15-23(30)26(14-22-25-20-9-5-3-8-19(20)24(31)28(15)22)12-11-17-13-27(16(2)29)21-10-6-4-7-18(17)21/h3-10,13,15H,11-12,14H2,1-2H3/t15-/m0/s1. The van der Waals surface area contributed by atoms with Gasteiger partial charge in [0.25, 0.3) is 5.56 Å². The minimum Gasteiger partial charge on any atom is -0.333 e. The van der Waals surface area contributed by atoms with Gasteiger partial charge in [-0.15, -0.1) is 0 Å². The quantitative estimate of drug-likeness (QED) is 0.516. The molecule has 0 saturated carbocycles. The Labute approximate surface area is 178 Å². The Kier molecular flexibility index (Phi) is 4.46. The molecule has 0 N–H and O–H groups in total. The van der Waals surface area contributed by atoms with E-state index in [9.17, 15) is 14.4 Å². The molecule has 156 valence electrons. The Morgan fingerprint density at radius 1 is 1.06 bits per heavy atom. The lowest BCUT2D eigenvalue weighted by molar-refractivity contribution is -0.137. The van der Waals surface area contributed by atoms with Crippen LogP contribution in [-0.2, 0) is 17.8 Å². The molecule has 5 rings (SSSR count). The van der Waals surface area contributed by atoms with E-state index in [2.05, 4.69) is 4.98 Å². The van der Waals surface area contributed by atoms with Crippen LogP contribution in [0.5, 0.6) is 0 Å². The summed E-state index contributed by atoms with van der Waals surface area (Å²) in [5, 5.41) is 1.53. The van der Waals surface area contributed by atoms with Crippen LogP contribution in [0, 0.1) is 0 Å². The number of carbonyl (C=O) groups excluding carboxylic acids is 2. The molecule has 0 fully saturated rings. The van der Waals surface area contributed by atoms with Crippen LogP contribution in [0.4, 0.5) is 0 Å². The normalized spacial score (nSPS) is 16.1. The van der Waals surface area contributed by atoms with Crippen LogP contribution in [0.3, 0.4) is 0 Å². The highest BCUT2D eigenvalue weighted by atomic mass is 16.2. The number of aromatic nitrogens is 3. The first kappa shape index (κ1) is 19.2. The third-order valence-electron chi connectivity index (χ3n) is 6.05. The fraction of sp³-hybridized carbons (Fsp3) is 0.250. The van der Waals surface area contributed by atoms with Gasteiger partial charge in [0.05, 0.1) is 23.0 Å². The first-order valence-electron chi connectivity index (χ1n) is 10.3. The van der Waals surface area contributed by atoms with Gasteiger partial charge in [0.1, 0.15) is 11.9 Å². The Morgan fingerprint density at radius 2 is 1.77 bits per heavy atom.